The van der Waals surface area contributed by atoms with Crippen molar-refractivity contribution < 1.29 is 14.4 Å². The van der Waals surface area contributed by atoms with Crippen LogP contribution in [-0.4, -0.2) is 30.7 Å². The summed E-state index contributed by atoms with van der Waals surface area (Å²) in [6, 6.07) is 13.2. The van der Waals surface area contributed by atoms with Crippen LogP contribution in [0, 0.1) is 17.0 Å². The number of nitro groups is 1. The van der Waals surface area contributed by atoms with Gasteiger partial charge in [-0.3, -0.25) is 10.1 Å². The lowest BCUT2D eigenvalue weighted by Gasteiger charge is -2.18. The van der Waals surface area contributed by atoms with Crippen molar-refractivity contribution in [3.63, 3.8) is 0 Å². The number of rotatable bonds is 6. The van der Waals surface area contributed by atoms with Crippen LogP contribution in [0.4, 0.5) is 0 Å². The minimum atomic E-state index is -0.424. The minimum absolute atomic E-state index is 0.217. The fraction of sp³-hybridized carbons (Fsp3) is 0.263. The lowest BCUT2D eigenvalue weighted by atomic mass is 9.88. The van der Waals surface area contributed by atoms with Crippen LogP contribution in [0.1, 0.15) is 22.7 Å². The summed E-state index contributed by atoms with van der Waals surface area (Å²) in [5.74, 6) is 0.805. The van der Waals surface area contributed by atoms with E-state index < -0.39 is 5.92 Å². The van der Waals surface area contributed by atoms with Crippen LogP contribution in [0.2, 0.25) is 0 Å². The Hall–Kier alpha value is -3.02. The first kappa shape index (κ1) is 16.8. The Labute approximate surface area is 145 Å². The maximum absolute atomic E-state index is 11.4. The molecule has 1 unspecified atom stereocenters. The second-order valence-electron chi connectivity index (χ2n) is 5.89. The molecule has 1 N–H and O–H groups in total. The average molecular weight is 340 g/mol. The van der Waals surface area contributed by atoms with E-state index in [9.17, 15) is 10.1 Å². The van der Waals surface area contributed by atoms with Gasteiger partial charge >= 0.3 is 0 Å². The topological polar surface area (TPSA) is 77.4 Å². The second-order valence-corrected chi connectivity index (χ2v) is 5.89. The van der Waals surface area contributed by atoms with E-state index in [-0.39, 0.29) is 11.5 Å². The molecular formula is C19H20N2O4. The molecule has 0 radical (unpaired) electrons. The molecule has 6 nitrogen and oxygen atoms in total. The monoisotopic (exact) mass is 340 g/mol. The van der Waals surface area contributed by atoms with Crippen LogP contribution in [0.25, 0.3) is 10.9 Å². The van der Waals surface area contributed by atoms with Crippen LogP contribution in [-0.2, 0) is 0 Å². The first-order valence-corrected chi connectivity index (χ1v) is 7.96. The Kier molecular flexibility index (Phi) is 4.61. The molecule has 2 aromatic carbocycles. The number of nitrogens with zero attached hydrogens (tertiary/aromatic N) is 1. The van der Waals surface area contributed by atoms with E-state index in [1.165, 1.54) is 0 Å². The molecule has 0 amide bonds. The number of nitrogens with one attached hydrogen (secondary N) is 1. The molecule has 1 aromatic heterocycles. The molecule has 3 rings (SSSR count). The summed E-state index contributed by atoms with van der Waals surface area (Å²) < 4.78 is 10.7. The predicted octanol–water partition coefficient (Wildman–Crippen LogP) is 3.90. The van der Waals surface area contributed by atoms with E-state index in [4.69, 9.17) is 9.47 Å². The summed E-state index contributed by atoms with van der Waals surface area (Å²) in [6.45, 7) is 1.73. The van der Waals surface area contributed by atoms with Gasteiger partial charge in [-0.25, -0.2) is 0 Å². The van der Waals surface area contributed by atoms with Gasteiger partial charge in [-0.15, -0.1) is 0 Å². The molecule has 0 aliphatic heterocycles. The number of methoxy groups -OCH3 is 2. The Balaban J connectivity index is 2.22. The van der Waals surface area contributed by atoms with Crippen LogP contribution in [0.5, 0.6) is 11.5 Å². The summed E-state index contributed by atoms with van der Waals surface area (Å²) >= 11 is 0. The minimum Gasteiger partial charge on any atom is -0.497 e. The molecule has 1 heterocycles. The number of aromatic nitrogens is 1. The molecule has 0 bridgehead atoms. The molecular weight excluding hydrogens is 320 g/mol. The number of hydrogen-bond acceptors (Lipinski definition) is 4. The van der Waals surface area contributed by atoms with E-state index >= 15 is 0 Å². The Morgan fingerprint density at radius 3 is 2.60 bits per heavy atom. The zero-order chi connectivity index (χ0) is 18.0. The van der Waals surface area contributed by atoms with Gasteiger partial charge in [0.05, 0.1) is 20.1 Å². The van der Waals surface area contributed by atoms with Crippen molar-refractivity contribution in [3.05, 3.63) is 69.4 Å². The van der Waals surface area contributed by atoms with Crippen LogP contribution in [0.15, 0.2) is 42.5 Å². The molecule has 0 aliphatic rings. The van der Waals surface area contributed by atoms with E-state index in [0.717, 1.165) is 27.7 Å². The Morgan fingerprint density at radius 2 is 1.92 bits per heavy atom. The molecule has 1 atom stereocenters. The average Bonchev–Trinajstić information content (AvgIpc) is 2.94. The van der Waals surface area contributed by atoms with Crippen molar-refractivity contribution in [3.8, 4) is 11.5 Å². The Bertz CT molecular complexity index is 917. The predicted molar refractivity (Wildman–Crippen MR) is 96.3 cm³/mol. The van der Waals surface area contributed by atoms with Crippen LogP contribution in [0.3, 0.4) is 0 Å². The highest BCUT2D eigenvalue weighted by Gasteiger charge is 2.28. The van der Waals surface area contributed by atoms with Crippen molar-refractivity contribution in [2.24, 2.45) is 0 Å². The molecule has 0 saturated carbocycles. The fourth-order valence-electron chi connectivity index (χ4n) is 3.35. The number of aromatic amines is 1. The molecule has 6 heteroatoms. The van der Waals surface area contributed by atoms with Gasteiger partial charge in [-0.2, -0.15) is 0 Å². The smallest absolute Gasteiger partial charge is 0.214 e. The third kappa shape index (κ3) is 3.15. The van der Waals surface area contributed by atoms with E-state index in [0.29, 0.717) is 11.5 Å². The first-order valence-electron chi connectivity index (χ1n) is 7.96. The van der Waals surface area contributed by atoms with Gasteiger partial charge in [0, 0.05) is 33.1 Å². The first-order chi connectivity index (χ1) is 12.0. The molecule has 130 valence electrons. The van der Waals surface area contributed by atoms with Crippen molar-refractivity contribution in [2.75, 3.05) is 20.8 Å². The summed E-state index contributed by atoms with van der Waals surface area (Å²) in [5.41, 5.74) is 3.59. The molecule has 25 heavy (non-hydrogen) atoms. The fourth-order valence-corrected chi connectivity index (χ4v) is 3.35. The lowest BCUT2D eigenvalue weighted by Crippen LogP contribution is -2.15. The number of ether oxygens (including phenoxy) is 2. The molecule has 3 aromatic rings. The number of aryl methyl sites for hydroxylation is 1. The zero-order valence-corrected chi connectivity index (χ0v) is 14.4. The largest absolute Gasteiger partial charge is 0.497 e. The quantitative estimate of drug-likeness (QED) is 0.545. The SMILES string of the molecule is COc1ccc(C(C[N+](=O)[O-])c2c(C)[nH]c3ccccc23)c(OC)c1. The highest BCUT2D eigenvalue weighted by Crippen LogP contribution is 2.39. The molecule has 0 fully saturated rings. The second kappa shape index (κ2) is 6.84. The number of para-hydroxylation sites is 1. The normalized spacial score (nSPS) is 12.1. The van der Waals surface area contributed by atoms with Crippen LogP contribution < -0.4 is 9.47 Å². The van der Waals surface area contributed by atoms with Crippen LogP contribution >= 0.6 is 0 Å². The van der Waals surface area contributed by atoms with Gasteiger partial charge in [-0.1, -0.05) is 24.3 Å². The van der Waals surface area contributed by atoms with Gasteiger partial charge in [-0.05, 0) is 24.6 Å². The number of fused-ring (bicyclic) bond motifs is 1. The van der Waals surface area contributed by atoms with Crippen molar-refractivity contribution in [1.82, 2.24) is 4.98 Å². The lowest BCUT2D eigenvalue weighted by molar-refractivity contribution is -0.481. The number of H-pyrrole nitrogens is 1. The number of benzene rings is 2. The third-order valence-electron chi connectivity index (χ3n) is 4.44. The summed E-state index contributed by atoms with van der Waals surface area (Å²) in [7, 11) is 3.14. The third-order valence-corrected chi connectivity index (χ3v) is 4.44. The molecule has 0 aliphatic carbocycles. The summed E-state index contributed by atoms with van der Waals surface area (Å²) in [5, 5.41) is 12.4. The van der Waals surface area contributed by atoms with Gasteiger partial charge in [0.2, 0.25) is 6.54 Å². The van der Waals surface area contributed by atoms with Gasteiger partial charge in [0.1, 0.15) is 11.5 Å². The maximum Gasteiger partial charge on any atom is 0.214 e. The van der Waals surface area contributed by atoms with E-state index in [1.54, 1.807) is 26.4 Å². The maximum atomic E-state index is 11.4. The highest BCUT2D eigenvalue weighted by atomic mass is 16.6. The molecule has 0 spiro atoms. The van der Waals surface area contributed by atoms with E-state index in [2.05, 4.69) is 4.98 Å². The van der Waals surface area contributed by atoms with Crippen molar-refractivity contribution in [1.29, 1.82) is 0 Å². The van der Waals surface area contributed by atoms with Crippen molar-refractivity contribution >= 4 is 10.9 Å². The van der Waals surface area contributed by atoms with Gasteiger partial charge in [0.15, 0.2) is 0 Å². The standard InChI is InChI=1S/C19H20N2O4/c1-12-19(15-6-4-5-7-17(15)20-12)16(11-21(22)23)14-9-8-13(24-2)10-18(14)25-3/h4-10,16,20H,11H2,1-3H3. The zero-order valence-electron chi connectivity index (χ0n) is 14.4. The van der Waals surface area contributed by atoms with Gasteiger partial charge in [0.25, 0.3) is 0 Å². The van der Waals surface area contributed by atoms with Crippen molar-refractivity contribution in [2.45, 2.75) is 12.8 Å². The molecule has 0 saturated heterocycles. The van der Waals surface area contributed by atoms with Gasteiger partial charge < -0.3 is 14.5 Å². The highest BCUT2D eigenvalue weighted by molar-refractivity contribution is 5.85. The van der Waals surface area contributed by atoms with E-state index in [1.807, 2.05) is 37.3 Å². The summed E-state index contributed by atoms with van der Waals surface area (Å²) in [6.07, 6.45) is 0. The number of hydrogen-bond donors (Lipinski definition) is 1. The summed E-state index contributed by atoms with van der Waals surface area (Å²) in [4.78, 5) is 14.4. The Morgan fingerprint density at radius 1 is 1.16 bits per heavy atom.